The molecule has 0 amide bonds. The molecule has 2 nitrogen and oxygen atoms in total. The zero-order chi connectivity index (χ0) is 11.8. The lowest BCUT2D eigenvalue weighted by Gasteiger charge is -2.04. The quantitative estimate of drug-likeness (QED) is 0.782. The monoisotopic (exact) mass is 272 g/mol. The Labute approximate surface area is 103 Å². The van der Waals surface area contributed by atoms with E-state index in [1.54, 1.807) is 30.4 Å². The van der Waals surface area contributed by atoms with Gasteiger partial charge in [0.2, 0.25) is 0 Å². The minimum Gasteiger partial charge on any atom is -0.207 e. The number of rotatable bonds is 2. The third-order valence-corrected chi connectivity index (χ3v) is 4.64. The summed E-state index contributed by atoms with van der Waals surface area (Å²) in [6.07, 6.45) is 0. The molecule has 0 fully saturated rings. The number of hydrogen-bond acceptors (Lipinski definition) is 3. The summed E-state index contributed by atoms with van der Waals surface area (Å²) in [7, 11) is 1.70. The maximum atomic E-state index is 11.3. The first-order valence-corrected chi connectivity index (χ1v) is 7.76. The molecular weight excluding hydrogens is 264 g/mol. The van der Waals surface area contributed by atoms with Crippen LogP contribution in [0.15, 0.2) is 40.6 Å². The lowest BCUT2D eigenvalue weighted by atomic mass is 10.1. The number of thiophene rings is 1. The molecule has 0 unspecified atom stereocenters. The first-order chi connectivity index (χ1) is 7.48. The van der Waals surface area contributed by atoms with E-state index < -0.39 is 9.05 Å². The molecule has 0 radical (unpaired) electrons. The van der Waals surface area contributed by atoms with Gasteiger partial charge < -0.3 is 0 Å². The predicted octanol–water partition coefficient (Wildman–Crippen LogP) is 3.65. The zero-order valence-corrected chi connectivity index (χ0v) is 10.9. The molecule has 1 heterocycles. The maximum Gasteiger partial charge on any atom is 0.261 e. The second-order valence-corrected chi connectivity index (χ2v) is 6.88. The Kier molecular flexibility index (Phi) is 3.06. The second kappa shape index (κ2) is 4.20. The fourth-order valence-electron chi connectivity index (χ4n) is 1.46. The van der Waals surface area contributed by atoms with Crippen LogP contribution in [0.1, 0.15) is 5.56 Å². The third-order valence-electron chi connectivity index (χ3n) is 2.26. The average Bonchev–Trinajstić information content (AvgIpc) is 2.69. The highest BCUT2D eigenvalue weighted by molar-refractivity contribution is 8.13. The van der Waals surface area contributed by atoms with Gasteiger partial charge in [0, 0.05) is 15.6 Å². The molecule has 0 spiro atoms. The molecule has 0 saturated carbocycles. The van der Waals surface area contributed by atoms with Crippen LogP contribution in [0.4, 0.5) is 0 Å². The van der Waals surface area contributed by atoms with Crippen molar-refractivity contribution in [3.8, 4) is 10.4 Å². The number of halogens is 1. The SMILES string of the molecule is Cc1ccc(-c2cccs2)cc1S(=O)(=O)Cl. The van der Waals surface area contributed by atoms with Crippen molar-refractivity contribution in [1.29, 1.82) is 0 Å². The second-order valence-electron chi connectivity index (χ2n) is 3.40. The fraction of sp³-hybridized carbons (Fsp3) is 0.0909. The molecule has 5 heteroatoms. The summed E-state index contributed by atoms with van der Waals surface area (Å²) in [5.74, 6) is 0. The minimum absolute atomic E-state index is 0.181. The molecular formula is C11H9ClO2S2. The van der Waals surface area contributed by atoms with Crippen molar-refractivity contribution in [2.24, 2.45) is 0 Å². The van der Waals surface area contributed by atoms with Crippen molar-refractivity contribution in [2.45, 2.75) is 11.8 Å². The van der Waals surface area contributed by atoms with E-state index >= 15 is 0 Å². The van der Waals surface area contributed by atoms with Gasteiger partial charge in [-0.3, -0.25) is 0 Å². The first-order valence-electron chi connectivity index (χ1n) is 4.57. The van der Waals surface area contributed by atoms with E-state index in [4.69, 9.17) is 10.7 Å². The fourth-order valence-corrected chi connectivity index (χ4v) is 3.40. The molecule has 0 N–H and O–H groups in total. The largest absolute Gasteiger partial charge is 0.261 e. The van der Waals surface area contributed by atoms with Crippen LogP contribution < -0.4 is 0 Å². The van der Waals surface area contributed by atoms with Crippen LogP contribution in [0.2, 0.25) is 0 Å². The summed E-state index contributed by atoms with van der Waals surface area (Å²) in [4.78, 5) is 1.21. The molecule has 0 atom stereocenters. The van der Waals surface area contributed by atoms with Crippen LogP contribution in [0.5, 0.6) is 0 Å². The summed E-state index contributed by atoms with van der Waals surface area (Å²) in [5, 5.41) is 1.95. The predicted molar refractivity (Wildman–Crippen MR) is 67.5 cm³/mol. The van der Waals surface area contributed by atoms with Crippen LogP contribution in [0.3, 0.4) is 0 Å². The normalized spacial score (nSPS) is 11.6. The van der Waals surface area contributed by atoms with E-state index in [2.05, 4.69) is 0 Å². The van der Waals surface area contributed by atoms with Crippen LogP contribution in [-0.2, 0) is 9.05 Å². The molecule has 2 aromatic rings. The molecule has 84 valence electrons. The zero-order valence-electron chi connectivity index (χ0n) is 8.48. The smallest absolute Gasteiger partial charge is 0.207 e. The van der Waals surface area contributed by atoms with Gasteiger partial charge in [0.15, 0.2) is 0 Å². The van der Waals surface area contributed by atoms with Gasteiger partial charge >= 0.3 is 0 Å². The van der Waals surface area contributed by atoms with E-state index in [0.29, 0.717) is 5.56 Å². The molecule has 1 aromatic heterocycles. The Balaban J connectivity index is 2.61. The van der Waals surface area contributed by atoms with Crippen molar-refractivity contribution in [3.63, 3.8) is 0 Å². The Morgan fingerprint density at radius 1 is 1.25 bits per heavy atom. The minimum atomic E-state index is -3.67. The van der Waals surface area contributed by atoms with Gasteiger partial charge in [0.25, 0.3) is 9.05 Å². The Morgan fingerprint density at radius 3 is 2.56 bits per heavy atom. The highest BCUT2D eigenvalue weighted by atomic mass is 35.7. The van der Waals surface area contributed by atoms with E-state index in [-0.39, 0.29) is 4.90 Å². The number of hydrogen-bond donors (Lipinski definition) is 0. The molecule has 0 aliphatic heterocycles. The summed E-state index contributed by atoms with van der Waals surface area (Å²) >= 11 is 1.56. The molecule has 0 aliphatic rings. The van der Waals surface area contributed by atoms with Gasteiger partial charge in [-0.15, -0.1) is 11.3 Å². The Morgan fingerprint density at radius 2 is 2.00 bits per heavy atom. The highest BCUT2D eigenvalue weighted by Crippen LogP contribution is 2.29. The van der Waals surface area contributed by atoms with Crippen LogP contribution >= 0.6 is 22.0 Å². The van der Waals surface area contributed by atoms with Gasteiger partial charge in [-0.1, -0.05) is 18.2 Å². The summed E-state index contributed by atoms with van der Waals surface area (Å²) < 4.78 is 22.7. The van der Waals surface area contributed by atoms with Crippen molar-refractivity contribution in [1.82, 2.24) is 0 Å². The highest BCUT2D eigenvalue weighted by Gasteiger charge is 2.14. The Hall–Kier alpha value is -0.840. The van der Waals surface area contributed by atoms with Crippen molar-refractivity contribution in [2.75, 3.05) is 0 Å². The van der Waals surface area contributed by atoms with E-state index in [1.165, 1.54) is 0 Å². The van der Waals surface area contributed by atoms with Gasteiger partial charge in [-0.05, 0) is 35.6 Å². The third kappa shape index (κ3) is 2.29. The lowest BCUT2D eigenvalue weighted by Crippen LogP contribution is -1.94. The van der Waals surface area contributed by atoms with Gasteiger partial charge in [-0.25, -0.2) is 8.42 Å². The summed E-state index contributed by atoms with van der Waals surface area (Å²) in [6.45, 7) is 1.73. The topological polar surface area (TPSA) is 34.1 Å². The van der Waals surface area contributed by atoms with Crippen molar-refractivity contribution in [3.05, 3.63) is 41.3 Å². The molecule has 16 heavy (non-hydrogen) atoms. The molecule has 0 saturated heterocycles. The maximum absolute atomic E-state index is 11.3. The van der Waals surface area contributed by atoms with E-state index in [0.717, 1.165) is 10.4 Å². The van der Waals surface area contributed by atoms with E-state index in [9.17, 15) is 8.42 Å². The molecule has 1 aromatic carbocycles. The summed E-state index contributed by atoms with van der Waals surface area (Å²) in [6, 6.07) is 9.15. The van der Waals surface area contributed by atoms with Gasteiger partial charge in [0.1, 0.15) is 0 Å². The lowest BCUT2D eigenvalue weighted by molar-refractivity contribution is 0.609. The number of benzene rings is 1. The summed E-state index contributed by atoms with van der Waals surface area (Å²) in [5.41, 5.74) is 1.54. The van der Waals surface area contributed by atoms with Crippen LogP contribution in [0, 0.1) is 6.92 Å². The molecule has 0 aliphatic carbocycles. The molecule has 2 rings (SSSR count). The van der Waals surface area contributed by atoms with Crippen LogP contribution in [0.25, 0.3) is 10.4 Å². The van der Waals surface area contributed by atoms with Crippen LogP contribution in [-0.4, -0.2) is 8.42 Å². The van der Waals surface area contributed by atoms with Crippen molar-refractivity contribution < 1.29 is 8.42 Å². The average molecular weight is 273 g/mol. The standard InChI is InChI=1S/C11H9ClO2S2/c1-8-4-5-9(10-3-2-6-15-10)7-11(8)16(12,13)14/h2-7H,1H3. The first kappa shape index (κ1) is 11.6. The van der Waals surface area contributed by atoms with E-state index in [1.807, 2.05) is 23.6 Å². The molecule has 0 bridgehead atoms. The van der Waals surface area contributed by atoms with Crippen molar-refractivity contribution >= 4 is 31.1 Å². The van der Waals surface area contributed by atoms with Gasteiger partial charge in [0.05, 0.1) is 4.90 Å². The number of aryl methyl sites for hydroxylation is 1. The van der Waals surface area contributed by atoms with Gasteiger partial charge in [-0.2, -0.15) is 0 Å². The Bertz CT molecular complexity index is 601.